The van der Waals surface area contributed by atoms with Crippen LogP contribution in [0.25, 0.3) is 0 Å². The van der Waals surface area contributed by atoms with Gasteiger partial charge in [-0.2, -0.15) is 11.8 Å². The maximum atomic E-state index is 5.53. The van der Waals surface area contributed by atoms with Crippen molar-refractivity contribution in [3.05, 3.63) is 11.8 Å². The Labute approximate surface area is 90.4 Å². The first kappa shape index (κ1) is 11.9. The Morgan fingerprint density at radius 2 is 2.43 bits per heavy atom. The molecule has 4 heteroatoms. The smallest absolute Gasteiger partial charge is 0.0876 e. The van der Waals surface area contributed by atoms with E-state index in [0.29, 0.717) is 5.25 Å². The summed E-state index contributed by atoms with van der Waals surface area (Å²) in [6.07, 6.45) is 4.08. The summed E-state index contributed by atoms with van der Waals surface area (Å²) in [5.41, 5.74) is 4.16. The summed E-state index contributed by atoms with van der Waals surface area (Å²) in [4.78, 5) is 0. The fourth-order valence-corrected chi connectivity index (χ4v) is 2.28. The number of rotatable bonds is 5. The molecule has 1 unspecified atom stereocenters. The van der Waals surface area contributed by atoms with Crippen LogP contribution in [-0.4, -0.2) is 23.7 Å². The van der Waals surface area contributed by atoms with Gasteiger partial charge in [0.05, 0.1) is 18.9 Å². The Bertz CT molecular complexity index is 195. The lowest BCUT2D eigenvalue weighted by Crippen LogP contribution is -2.39. The Hall–Kier alpha value is -0.190. The molecule has 1 rings (SSSR count). The first-order valence-electron chi connectivity index (χ1n) is 5.12. The molecule has 1 heterocycles. The maximum Gasteiger partial charge on any atom is 0.0876 e. The number of hydrazine groups is 1. The highest BCUT2D eigenvalue weighted by molar-refractivity contribution is 7.99. The Morgan fingerprint density at radius 3 is 2.93 bits per heavy atom. The molecule has 0 aromatic heterocycles. The van der Waals surface area contributed by atoms with E-state index in [9.17, 15) is 0 Å². The normalized spacial score (nSPS) is 19.0. The van der Waals surface area contributed by atoms with Crippen LogP contribution in [0.15, 0.2) is 11.8 Å². The van der Waals surface area contributed by atoms with Gasteiger partial charge in [-0.1, -0.05) is 13.8 Å². The minimum absolute atomic E-state index is 0.266. The second kappa shape index (κ2) is 6.32. The van der Waals surface area contributed by atoms with Gasteiger partial charge in [0.1, 0.15) is 0 Å². The van der Waals surface area contributed by atoms with Crippen LogP contribution in [0.5, 0.6) is 0 Å². The standard InChI is InChI=1S/C10H20N2OS/c1-8(2)14-7-10(12-11)9-4-3-5-13-6-9/h6,8,10,12H,3-5,7,11H2,1-2H3. The molecule has 82 valence electrons. The molecule has 1 aliphatic heterocycles. The van der Waals surface area contributed by atoms with E-state index in [2.05, 4.69) is 19.3 Å². The van der Waals surface area contributed by atoms with Gasteiger partial charge in [-0.05, 0) is 23.7 Å². The van der Waals surface area contributed by atoms with E-state index < -0.39 is 0 Å². The zero-order valence-corrected chi connectivity index (χ0v) is 9.77. The van der Waals surface area contributed by atoms with Gasteiger partial charge < -0.3 is 4.74 Å². The molecule has 0 bridgehead atoms. The van der Waals surface area contributed by atoms with Crippen molar-refractivity contribution in [3.63, 3.8) is 0 Å². The summed E-state index contributed by atoms with van der Waals surface area (Å²) in [7, 11) is 0. The highest BCUT2D eigenvalue weighted by atomic mass is 32.2. The van der Waals surface area contributed by atoms with E-state index in [1.165, 1.54) is 5.57 Å². The highest BCUT2D eigenvalue weighted by Gasteiger charge is 2.16. The van der Waals surface area contributed by atoms with Crippen molar-refractivity contribution in [2.75, 3.05) is 12.4 Å². The third kappa shape index (κ3) is 3.90. The SMILES string of the molecule is CC(C)SCC(NN)C1=COCCC1. The van der Waals surface area contributed by atoms with Gasteiger partial charge in [0.25, 0.3) is 0 Å². The number of nitrogens with one attached hydrogen (secondary N) is 1. The Morgan fingerprint density at radius 1 is 1.64 bits per heavy atom. The average Bonchev–Trinajstić information content (AvgIpc) is 2.20. The van der Waals surface area contributed by atoms with Crippen molar-refractivity contribution in [2.45, 2.75) is 38.0 Å². The largest absolute Gasteiger partial charge is 0.501 e. The monoisotopic (exact) mass is 216 g/mol. The van der Waals surface area contributed by atoms with Crippen molar-refractivity contribution in [3.8, 4) is 0 Å². The summed E-state index contributed by atoms with van der Waals surface area (Å²) in [5.74, 6) is 6.55. The third-order valence-corrected chi connectivity index (χ3v) is 3.40. The molecule has 0 radical (unpaired) electrons. The second-order valence-electron chi connectivity index (χ2n) is 3.77. The molecule has 0 aliphatic carbocycles. The predicted octanol–water partition coefficient (Wildman–Crippen LogP) is 1.65. The van der Waals surface area contributed by atoms with Gasteiger partial charge >= 0.3 is 0 Å². The predicted molar refractivity (Wildman–Crippen MR) is 62.0 cm³/mol. The van der Waals surface area contributed by atoms with E-state index in [1.54, 1.807) is 0 Å². The molecule has 1 atom stereocenters. The topological polar surface area (TPSA) is 47.3 Å². The van der Waals surface area contributed by atoms with Crippen LogP contribution in [0, 0.1) is 0 Å². The zero-order valence-electron chi connectivity index (χ0n) is 8.95. The van der Waals surface area contributed by atoms with E-state index >= 15 is 0 Å². The number of hydrogen-bond acceptors (Lipinski definition) is 4. The van der Waals surface area contributed by atoms with Crippen LogP contribution in [-0.2, 0) is 4.74 Å². The minimum atomic E-state index is 0.266. The van der Waals surface area contributed by atoms with Crippen molar-refractivity contribution >= 4 is 11.8 Å². The van der Waals surface area contributed by atoms with Gasteiger partial charge in [0.15, 0.2) is 0 Å². The minimum Gasteiger partial charge on any atom is -0.501 e. The Kier molecular flexibility index (Phi) is 5.37. The van der Waals surface area contributed by atoms with Crippen molar-refractivity contribution in [1.82, 2.24) is 5.43 Å². The molecule has 3 N–H and O–H groups in total. The van der Waals surface area contributed by atoms with E-state index in [4.69, 9.17) is 10.6 Å². The summed E-state index contributed by atoms with van der Waals surface area (Å²) >= 11 is 1.92. The first-order valence-corrected chi connectivity index (χ1v) is 6.17. The fraction of sp³-hybridized carbons (Fsp3) is 0.800. The lowest BCUT2D eigenvalue weighted by atomic mass is 10.0. The van der Waals surface area contributed by atoms with Gasteiger partial charge in [-0.25, -0.2) is 0 Å². The third-order valence-electron chi connectivity index (χ3n) is 2.21. The Balaban J connectivity index is 2.39. The number of thioether (sulfide) groups is 1. The van der Waals surface area contributed by atoms with Crippen LogP contribution in [0.4, 0.5) is 0 Å². The van der Waals surface area contributed by atoms with E-state index in [0.717, 1.165) is 25.2 Å². The summed E-state index contributed by atoms with van der Waals surface area (Å²) < 4.78 is 5.30. The van der Waals surface area contributed by atoms with Gasteiger partial charge in [0, 0.05) is 5.75 Å². The number of nitrogens with two attached hydrogens (primary N) is 1. The van der Waals surface area contributed by atoms with Gasteiger partial charge in [0.2, 0.25) is 0 Å². The van der Waals surface area contributed by atoms with Gasteiger partial charge in [-0.15, -0.1) is 0 Å². The van der Waals surface area contributed by atoms with Crippen LogP contribution >= 0.6 is 11.8 Å². The molecule has 1 aliphatic rings. The molecular weight excluding hydrogens is 196 g/mol. The molecule has 0 aromatic carbocycles. The lowest BCUT2D eigenvalue weighted by molar-refractivity contribution is 0.220. The molecule has 0 saturated heterocycles. The van der Waals surface area contributed by atoms with Crippen molar-refractivity contribution in [1.29, 1.82) is 0 Å². The van der Waals surface area contributed by atoms with E-state index in [-0.39, 0.29) is 6.04 Å². The zero-order chi connectivity index (χ0) is 10.4. The molecule has 0 saturated carbocycles. The molecule has 0 spiro atoms. The van der Waals surface area contributed by atoms with Crippen LogP contribution < -0.4 is 11.3 Å². The molecule has 3 nitrogen and oxygen atoms in total. The molecule has 0 aromatic rings. The van der Waals surface area contributed by atoms with Crippen molar-refractivity contribution < 1.29 is 4.74 Å². The maximum absolute atomic E-state index is 5.53. The van der Waals surface area contributed by atoms with Crippen LogP contribution in [0.1, 0.15) is 26.7 Å². The van der Waals surface area contributed by atoms with E-state index in [1.807, 2.05) is 18.0 Å². The molecule has 14 heavy (non-hydrogen) atoms. The molecule has 0 fully saturated rings. The summed E-state index contributed by atoms with van der Waals surface area (Å²) in [6, 6.07) is 0.266. The quantitative estimate of drug-likeness (QED) is 0.542. The first-order chi connectivity index (χ1) is 6.74. The fourth-order valence-electron chi connectivity index (χ4n) is 1.39. The molecular formula is C10H20N2OS. The number of ether oxygens (including phenoxy) is 1. The highest BCUT2D eigenvalue weighted by Crippen LogP contribution is 2.20. The second-order valence-corrected chi connectivity index (χ2v) is 5.38. The lowest BCUT2D eigenvalue weighted by Gasteiger charge is -2.22. The molecule has 0 amide bonds. The summed E-state index contributed by atoms with van der Waals surface area (Å²) in [5, 5.41) is 0.649. The number of hydrogen-bond donors (Lipinski definition) is 2. The van der Waals surface area contributed by atoms with Gasteiger partial charge in [-0.3, -0.25) is 11.3 Å². The van der Waals surface area contributed by atoms with Crippen LogP contribution in [0.3, 0.4) is 0 Å². The summed E-state index contributed by atoms with van der Waals surface area (Å²) in [6.45, 7) is 5.24. The van der Waals surface area contributed by atoms with Crippen molar-refractivity contribution in [2.24, 2.45) is 5.84 Å². The average molecular weight is 216 g/mol. The van der Waals surface area contributed by atoms with Crippen LogP contribution in [0.2, 0.25) is 0 Å².